The number of methoxy groups -OCH3 is 1. The number of azo groups is 1. The molecule has 9 heteroatoms. The Balaban J connectivity index is 1.57. The quantitative estimate of drug-likeness (QED) is 0.502. The number of nitrogens with zero attached hydrogens (tertiary/aromatic N) is 6. The number of aromatic nitrogens is 4. The van der Waals surface area contributed by atoms with Crippen molar-refractivity contribution in [2.24, 2.45) is 10.2 Å². The number of aromatic carboxylic acids is 1. The van der Waals surface area contributed by atoms with Gasteiger partial charge in [-0.1, -0.05) is 12.1 Å². The fourth-order valence-electron chi connectivity index (χ4n) is 2.76. The van der Waals surface area contributed by atoms with Crippen molar-refractivity contribution in [3.8, 4) is 11.4 Å². The van der Waals surface area contributed by atoms with Crippen LogP contribution in [0.2, 0.25) is 0 Å². The normalized spacial score (nSPS) is 11.2. The molecule has 2 heterocycles. The van der Waals surface area contributed by atoms with Crippen LogP contribution in [0.3, 0.4) is 0 Å². The van der Waals surface area contributed by atoms with E-state index in [1.54, 1.807) is 30.1 Å². The van der Waals surface area contributed by atoms with Gasteiger partial charge >= 0.3 is 5.97 Å². The molecule has 0 saturated carbocycles. The molecule has 0 aliphatic rings. The van der Waals surface area contributed by atoms with E-state index in [2.05, 4.69) is 25.3 Å². The number of ether oxygens (including phenoxy) is 1. The highest BCUT2D eigenvalue weighted by molar-refractivity contribution is 5.87. The molecule has 0 fully saturated rings. The molecule has 0 amide bonds. The molecule has 0 bridgehead atoms. The van der Waals surface area contributed by atoms with Gasteiger partial charge in [-0.3, -0.25) is 0 Å². The predicted molar refractivity (Wildman–Crippen MR) is 105 cm³/mol. The number of benzene rings is 2. The summed E-state index contributed by atoms with van der Waals surface area (Å²) in [7, 11) is 1.61. The van der Waals surface area contributed by atoms with Gasteiger partial charge in [0.15, 0.2) is 11.5 Å². The minimum atomic E-state index is -0.963. The predicted octanol–water partition coefficient (Wildman–Crippen LogP) is 3.81. The molecule has 29 heavy (non-hydrogen) atoms. The summed E-state index contributed by atoms with van der Waals surface area (Å²) in [6.45, 7) is 0.304. The van der Waals surface area contributed by atoms with E-state index >= 15 is 0 Å². The lowest BCUT2D eigenvalue weighted by Crippen LogP contribution is -1.97. The van der Waals surface area contributed by atoms with Gasteiger partial charge in [-0.15, -0.1) is 5.11 Å². The summed E-state index contributed by atoms with van der Waals surface area (Å²) in [5.41, 5.74) is 2.53. The van der Waals surface area contributed by atoms with Crippen molar-refractivity contribution in [3.63, 3.8) is 0 Å². The van der Waals surface area contributed by atoms with Crippen LogP contribution in [-0.2, 0) is 6.54 Å². The third-order valence-electron chi connectivity index (χ3n) is 4.28. The fourth-order valence-corrected chi connectivity index (χ4v) is 2.76. The van der Waals surface area contributed by atoms with Crippen LogP contribution < -0.4 is 4.74 Å². The zero-order valence-electron chi connectivity index (χ0n) is 15.4. The Bertz CT molecular complexity index is 1180. The molecule has 4 aromatic rings. The first-order chi connectivity index (χ1) is 14.2. The van der Waals surface area contributed by atoms with Gasteiger partial charge in [-0.2, -0.15) is 10.2 Å². The first kappa shape index (κ1) is 18.2. The third kappa shape index (κ3) is 3.79. The molecule has 0 aliphatic heterocycles. The van der Waals surface area contributed by atoms with Crippen LogP contribution in [-0.4, -0.2) is 37.9 Å². The second kappa shape index (κ2) is 7.85. The molecule has 144 valence electrons. The van der Waals surface area contributed by atoms with E-state index in [4.69, 9.17) is 9.84 Å². The van der Waals surface area contributed by atoms with Crippen LogP contribution >= 0.6 is 0 Å². The number of hydrogen-bond acceptors (Lipinski definition) is 7. The molecular weight excluding hydrogens is 372 g/mol. The van der Waals surface area contributed by atoms with E-state index in [9.17, 15) is 4.79 Å². The smallest absolute Gasteiger partial charge is 0.335 e. The summed E-state index contributed by atoms with van der Waals surface area (Å²) in [6, 6.07) is 14.0. The van der Waals surface area contributed by atoms with Crippen molar-refractivity contribution in [3.05, 3.63) is 72.2 Å². The topological polar surface area (TPSA) is 115 Å². The van der Waals surface area contributed by atoms with Gasteiger partial charge in [-0.05, 0) is 42.0 Å². The highest BCUT2D eigenvalue weighted by atomic mass is 16.5. The van der Waals surface area contributed by atoms with Gasteiger partial charge in [0, 0.05) is 0 Å². The minimum absolute atomic E-state index is 0.231. The summed E-state index contributed by atoms with van der Waals surface area (Å²) >= 11 is 0. The van der Waals surface area contributed by atoms with Gasteiger partial charge in [-0.25, -0.2) is 19.4 Å². The number of carboxylic acids is 1. The Kier molecular flexibility index (Phi) is 4.93. The summed E-state index contributed by atoms with van der Waals surface area (Å²) in [5, 5.41) is 22.4. The lowest BCUT2D eigenvalue weighted by Gasteiger charge is -2.04. The molecule has 0 radical (unpaired) electrons. The van der Waals surface area contributed by atoms with Crippen LogP contribution in [0.25, 0.3) is 16.7 Å². The van der Waals surface area contributed by atoms with Gasteiger partial charge in [0.2, 0.25) is 0 Å². The van der Waals surface area contributed by atoms with Crippen molar-refractivity contribution in [1.82, 2.24) is 19.7 Å². The second-order valence-corrected chi connectivity index (χ2v) is 6.09. The minimum Gasteiger partial charge on any atom is -0.497 e. The van der Waals surface area contributed by atoms with Crippen molar-refractivity contribution in [2.75, 3.05) is 7.11 Å². The Morgan fingerprint density at radius 1 is 1.10 bits per heavy atom. The lowest BCUT2D eigenvalue weighted by molar-refractivity contribution is 0.0697. The van der Waals surface area contributed by atoms with Crippen molar-refractivity contribution in [1.29, 1.82) is 0 Å². The molecule has 0 saturated heterocycles. The average Bonchev–Trinajstić information content (AvgIpc) is 3.19. The van der Waals surface area contributed by atoms with Gasteiger partial charge in [0.1, 0.15) is 12.1 Å². The Labute approximate surface area is 165 Å². The van der Waals surface area contributed by atoms with Crippen LogP contribution in [0.4, 0.5) is 5.82 Å². The van der Waals surface area contributed by atoms with Crippen molar-refractivity contribution >= 4 is 22.8 Å². The molecule has 9 nitrogen and oxygen atoms in total. The van der Waals surface area contributed by atoms with Crippen LogP contribution in [0.15, 0.2) is 71.3 Å². The largest absolute Gasteiger partial charge is 0.497 e. The van der Waals surface area contributed by atoms with E-state index in [1.807, 2.05) is 24.3 Å². The number of fused-ring (bicyclic) bond motifs is 1. The SMILES string of the molecule is COc1ccc(-n2ncc3c(N=NCc4ccc(C(=O)O)cc4)ncnc32)cc1. The van der Waals surface area contributed by atoms with E-state index < -0.39 is 5.97 Å². The van der Waals surface area contributed by atoms with Crippen LogP contribution in [0, 0.1) is 0 Å². The van der Waals surface area contributed by atoms with Crippen LogP contribution in [0.1, 0.15) is 15.9 Å². The van der Waals surface area contributed by atoms with Crippen molar-refractivity contribution in [2.45, 2.75) is 6.54 Å². The molecular formula is C20H16N6O3. The Morgan fingerprint density at radius 3 is 2.55 bits per heavy atom. The second-order valence-electron chi connectivity index (χ2n) is 6.09. The summed E-state index contributed by atoms with van der Waals surface area (Å²) in [4.78, 5) is 19.4. The first-order valence-corrected chi connectivity index (χ1v) is 8.68. The van der Waals surface area contributed by atoms with Crippen molar-refractivity contribution < 1.29 is 14.6 Å². The zero-order chi connectivity index (χ0) is 20.2. The maximum atomic E-state index is 10.9. The monoisotopic (exact) mass is 388 g/mol. The molecule has 2 aromatic carbocycles. The number of rotatable bonds is 6. The lowest BCUT2D eigenvalue weighted by atomic mass is 10.1. The Hall–Kier alpha value is -4.14. The van der Waals surface area contributed by atoms with Gasteiger partial charge in [0.05, 0.1) is 36.5 Å². The Morgan fingerprint density at radius 2 is 1.86 bits per heavy atom. The molecule has 0 aliphatic carbocycles. The highest BCUT2D eigenvalue weighted by Crippen LogP contribution is 2.25. The molecule has 0 atom stereocenters. The summed E-state index contributed by atoms with van der Waals surface area (Å²) in [6.07, 6.45) is 3.07. The third-order valence-corrected chi connectivity index (χ3v) is 4.28. The number of carboxylic acid groups (broad SMARTS) is 1. The standard InChI is InChI=1S/C20H16N6O3/c1-29-16-8-6-15(7-9-16)26-19-17(11-24-26)18(21-12-22-19)25-23-10-13-2-4-14(5-3-13)20(27)28/h2-9,11-12H,10H2,1H3,(H,27,28). The molecule has 4 rings (SSSR count). The maximum absolute atomic E-state index is 10.9. The first-order valence-electron chi connectivity index (χ1n) is 8.68. The highest BCUT2D eigenvalue weighted by Gasteiger charge is 2.11. The average molecular weight is 388 g/mol. The van der Waals surface area contributed by atoms with Crippen LogP contribution in [0.5, 0.6) is 5.75 Å². The van der Waals surface area contributed by atoms with E-state index in [0.717, 1.165) is 17.0 Å². The van der Waals surface area contributed by atoms with Gasteiger partial charge < -0.3 is 9.84 Å². The van der Waals surface area contributed by atoms with E-state index in [1.165, 1.54) is 18.5 Å². The maximum Gasteiger partial charge on any atom is 0.335 e. The summed E-state index contributed by atoms with van der Waals surface area (Å²) in [5.74, 6) is 0.207. The van der Waals surface area contributed by atoms with E-state index in [0.29, 0.717) is 23.4 Å². The zero-order valence-corrected chi connectivity index (χ0v) is 15.4. The number of hydrogen-bond donors (Lipinski definition) is 1. The molecule has 0 spiro atoms. The number of carbonyl (C=O) groups is 1. The summed E-state index contributed by atoms with van der Waals surface area (Å²) < 4.78 is 6.87. The fraction of sp³-hybridized carbons (Fsp3) is 0.100. The van der Waals surface area contributed by atoms with Gasteiger partial charge in [0.25, 0.3) is 0 Å². The van der Waals surface area contributed by atoms with E-state index in [-0.39, 0.29) is 5.56 Å². The molecule has 1 N–H and O–H groups in total. The molecule has 0 unspecified atom stereocenters. The molecule has 2 aromatic heterocycles.